The number of hydrogen-bond donors (Lipinski definition) is 2. The summed E-state index contributed by atoms with van der Waals surface area (Å²) in [5, 5.41) is 20.8. The van der Waals surface area contributed by atoms with Crippen LogP contribution in [0, 0.1) is 11.3 Å². The molecule has 0 atom stereocenters. The number of aliphatic hydroxyl groups excluding tert-OH is 1. The standard InChI is InChI=1S/C18H16N4O2/c19-12-13-5-3-6-14(11-13)17(24)21-18-20-15-7-1-2-8-16(15)22(18)9-4-10-23/h1-3,5-8,11,23H,4,9-10H2,(H,20,21,24). The van der Waals surface area contributed by atoms with E-state index in [9.17, 15) is 4.79 Å². The van der Waals surface area contributed by atoms with Crippen molar-refractivity contribution in [3.05, 3.63) is 59.7 Å². The minimum atomic E-state index is -0.326. The van der Waals surface area contributed by atoms with Gasteiger partial charge >= 0.3 is 0 Å². The Kier molecular flexibility index (Phi) is 4.54. The first-order valence-electron chi connectivity index (χ1n) is 7.60. The summed E-state index contributed by atoms with van der Waals surface area (Å²) in [5.41, 5.74) is 2.50. The minimum absolute atomic E-state index is 0.0596. The summed E-state index contributed by atoms with van der Waals surface area (Å²) in [4.78, 5) is 16.9. The number of aromatic nitrogens is 2. The number of hydrogen-bond acceptors (Lipinski definition) is 4. The smallest absolute Gasteiger partial charge is 0.258 e. The summed E-state index contributed by atoms with van der Waals surface area (Å²) in [6, 6.07) is 16.1. The molecule has 0 bridgehead atoms. The average molecular weight is 320 g/mol. The van der Waals surface area contributed by atoms with Crippen molar-refractivity contribution in [2.75, 3.05) is 11.9 Å². The molecule has 0 saturated heterocycles. The van der Waals surface area contributed by atoms with E-state index in [1.54, 1.807) is 18.2 Å². The van der Waals surface area contributed by atoms with E-state index in [-0.39, 0.29) is 12.5 Å². The lowest BCUT2D eigenvalue weighted by Gasteiger charge is -2.09. The van der Waals surface area contributed by atoms with Gasteiger partial charge in [0.2, 0.25) is 5.95 Å². The Hall–Kier alpha value is -3.17. The Morgan fingerprint density at radius 2 is 2.08 bits per heavy atom. The lowest BCUT2D eigenvalue weighted by Crippen LogP contribution is -2.16. The highest BCUT2D eigenvalue weighted by molar-refractivity contribution is 6.04. The van der Waals surface area contributed by atoms with Crippen LogP contribution in [0.2, 0.25) is 0 Å². The predicted octanol–water partition coefficient (Wildman–Crippen LogP) is 2.54. The predicted molar refractivity (Wildman–Crippen MR) is 90.5 cm³/mol. The van der Waals surface area contributed by atoms with Gasteiger partial charge < -0.3 is 9.67 Å². The van der Waals surface area contributed by atoms with E-state index in [2.05, 4.69) is 10.3 Å². The minimum Gasteiger partial charge on any atom is -0.396 e. The van der Waals surface area contributed by atoms with Crippen LogP contribution in [0.5, 0.6) is 0 Å². The fourth-order valence-corrected chi connectivity index (χ4v) is 2.53. The SMILES string of the molecule is N#Cc1cccc(C(=O)Nc2nc3ccccc3n2CCCO)c1. The molecular weight excluding hydrogens is 304 g/mol. The number of anilines is 1. The van der Waals surface area contributed by atoms with Gasteiger partial charge in [0, 0.05) is 18.7 Å². The van der Waals surface area contributed by atoms with Gasteiger partial charge in [0.05, 0.1) is 22.7 Å². The third kappa shape index (κ3) is 3.12. The van der Waals surface area contributed by atoms with Crippen LogP contribution in [-0.2, 0) is 6.54 Å². The van der Waals surface area contributed by atoms with Crippen molar-refractivity contribution in [1.29, 1.82) is 5.26 Å². The zero-order valence-electron chi connectivity index (χ0n) is 12.9. The molecule has 1 amide bonds. The van der Waals surface area contributed by atoms with Gasteiger partial charge in [0.25, 0.3) is 5.91 Å². The molecule has 0 spiro atoms. The van der Waals surface area contributed by atoms with Crippen LogP contribution in [0.25, 0.3) is 11.0 Å². The molecule has 6 nitrogen and oxygen atoms in total. The number of benzene rings is 2. The fourth-order valence-electron chi connectivity index (χ4n) is 2.53. The zero-order chi connectivity index (χ0) is 16.9. The molecule has 0 aliphatic rings. The molecule has 0 unspecified atom stereocenters. The van der Waals surface area contributed by atoms with Gasteiger partial charge in [-0.2, -0.15) is 5.26 Å². The number of para-hydroxylation sites is 2. The number of nitrogens with zero attached hydrogens (tertiary/aromatic N) is 3. The number of carbonyl (C=O) groups excluding carboxylic acids is 1. The van der Waals surface area contributed by atoms with Crippen LogP contribution in [0.4, 0.5) is 5.95 Å². The summed E-state index contributed by atoms with van der Waals surface area (Å²) in [5.74, 6) is 0.102. The number of aryl methyl sites for hydroxylation is 1. The molecule has 6 heteroatoms. The van der Waals surface area contributed by atoms with Crippen molar-refractivity contribution in [1.82, 2.24) is 9.55 Å². The molecule has 120 valence electrons. The van der Waals surface area contributed by atoms with E-state index in [1.807, 2.05) is 34.9 Å². The number of imidazole rings is 1. The van der Waals surface area contributed by atoms with Crippen molar-refractivity contribution >= 4 is 22.9 Å². The van der Waals surface area contributed by atoms with E-state index in [1.165, 1.54) is 6.07 Å². The van der Waals surface area contributed by atoms with Crippen molar-refractivity contribution in [3.8, 4) is 6.07 Å². The summed E-state index contributed by atoms with van der Waals surface area (Å²) < 4.78 is 1.87. The summed E-state index contributed by atoms with van der Waals surface area (Å²) in [6.45, 7) is 0.606. The quantitative estimate of drug-likeness (QED) is 0.756. The van der Waals surface area contributed by atoms with Crippen LogP contribution in [0.15, 0.2) is 48.5 Å². The molecule has 0 radical (unpaired) electrons. The molecule has 2 aromatic carbocycles. The fraction of sp³-hybridized carbons (Fsp3) is 0.167. The van der Waals surface area contributed by atoms with Crippen molar-refractivity contribution in [3.63, 3.8) is 0 Å². The van der Waals surface area contributed by atoms with Crippen LogP contribution in [0.1, 0.15) is 22.3 Å². The van der Waals surface area contributed by atoms with E-state index in [0.29, 0.717) is 30.0 Å². The maximum absolute atomic E-state index is 12.5. The Bertz CT molecular complexity index is 924. The lowest BCUT2D eigenvalue weighted by atomic mass is 10.1. The maximum atomic E-state index is 12.5. The van der Waals surface area contributed by atoms with E-state index in [4.69, 9.17) is 10.4 Å². The van der Waals surface area contributed by atoms with Gasteiger partial charge in [-0.05, 0) is 36.8 Å². The van der Waals surface area contributed by atoms with Crippen LogP contribution >= 0.6 is 0 Å². The molecule has 3 aromatic rings. The molecule has 1 heterocycles. The van der Waals surface area contributed by atoms with Gasteiger partial charge in [-0.25, -0.2) is 4.98 Å². The Morgan fingerprint density at radius 3 is 2.88 bits per heavy atom. The number of aliphatic hydroxyl groups is 1. The second-order valence-electron chi connectivity index (χ2n) is 5.30. The van der Waals surface area contributed by atoms with Crippen molar-refractivity contribution in [2.24, 2.45) is 0 Å². The number of amides is 1. The van der Waals surface area contributed by atoms with Crippen molar-refractivity contribution in [2.45, 2.75) is 13.0 Å². The molecule has 0 aliphatic heterocycles. The lowest BCUT2D eigenvalue weighted by molar-refractivity contribution is 0.102. The molecule has 0 saturated carbocycles. The highest BCUT2D eigenvalue weighted by Crippen LogP contribution is 2.20. The van der Waals surface area contributed by atoms with Gasteiger partial charge in [0.15, 0.2) is 0 Å². The maximum Gasteiger partial charge on any atom is 0.258 e. The average Bonchev–Trinajstić information content (AvgIpc) is 2.97. The number of nitriles is 1. The molecular formula is C18H16N4O2. The topological polar surface area (TPSA) is 90.9 Å². The first kappa shape index (κ1) is 15.7. The summed E-state index contributed by atoms with van der Waals surface area (Å²) in [7, 11) is 0. The largest absolute Gasteiger partial charge is 0.396 e. The highest BCUT2D eigenvalue weighted by Gasteiger charge is 2.14. The van der Waals surface area contributed by atoms with E-state index < -0.39 is 0 Å². The zero-order valence-corrected chi connectivity index (χ0v) is 12.9. The van der Waals surface area contributed by atoms with Crippen molar-refractivity contribution < 1.29 is 9.90 Å². The first-order chi connectivity index (χ1) is 11.7. The molecule has 24 heavy (non-hydrogen) atoms. The van der Waals surface area contributed by atoms with E-state index >= 15 is 0 Å². The Morgan fingerprint density at radius 1 is 1.25 bits per heavy atom. The van der Waals surface area contributed by atoms with E-state index in [0.717, 1.165) is 11.0 Å². The highest BCUT2D eigenvalue weighted by atomic mass is 16.3. The molecule has 1 aromatic heterocycles. The monoisotopic (exact) mass is 320 g/mol. The molecule has 0 aliphatic carbocycles. The van der Waals surface area contributed by atoms with Crippen LogP contribution in [0.3, 0.4) is 0 Å². The summed E-state index contributed by atoms with van der Waals surface area (Å²) in [6.07, 6.45) is 0.563. The van der Waals surface area contributed by atoms with Gasteiger partial charge in [-0.15, -0.1) is 0 Å². The van der Waals surface area contributed by atoms with Gasteiger partial charge in [-0.1, -0.05) is 18.2 Å². The Balaban J connectivity index is 1.93. The molecule has 2 N–H and O–H groups in total. The second kappa shape index (κ2) is 6.94. The molecule has 3 rings (SSSR count). The first-order valence-corrected chi connectivity index (χ1v) is 7.60. The van der Waals surface area contributed by atoms with Gasteiger partial charge in [0.1, 0.15) is 0 Å². The third-order valence-corrected chi connectivity index (χ3v) is 3.67. The summed E-state index contributed by atoms with van der Waals surface area (Å²) >= 11 is 0. The third-order valence-electron chi connectivity index (χ3n) is 3.67. The van der Waals surface area contributed by atoms with Gasteiger partial charge in [-0.3, -0.25) is 10.1 Å². The number of nitrogens with one attached hydrogen (secondary N) is 1. The normalized spacial score (nSPS) is 10.5. The van der Waals surface area contributed by atoms with Crippen LogP contribution < -0.4 is 5.32 Å². The Labute approximate surface area is 139 Å². The van der Waals surface area contributed by atoms with Crippen LogP contribution in [-0.4, -0.2) is 27.2 Å². The number of carbonyl (C=O) groups is 1. The number of rotatable bonds is 5. The number of fused-ring (bicyclic) bond motifs is 1. The second-order valence-corrected chi connectivity index (χ2v) is 5.30. The molecule has 0 fully saturated rings.